The fourth-order valence-electron chi connectivity index (χ4n) is 2.96. The van der Waals surface area contributed by atoms with Crippen molar-refractivity contribution in [3.05, 3.63) is 23.9 Å². The number of unbranched alkanes of at least 4 members (excludes halogenated alkanes) is 1. The van der Waals surface area contributed by atoms with Crippen LogP contribution in [-0.4, -0.2) is 55.2 Å². The Morgan fingerprint density at radius 3 is 2.76 bits per heavy atom. The third-order valence-electron chi connectivity index (χ3n) is 4.43. The van der Waals surface area contributed by atoms with Crippen LogP contribution in [0.4, 0.5) is 5.82 Å². The molecule has 140 valence electrons. The number of nitrogens with one attached hydrogen (secondary N) is 2. The first kappa shape index (κ1) is 19.9. The molecule has 1 aliphatic heterocycles. The Morgan fingerprint density at radius 1 is 1.32 bits per heavy atom. The van der Waals surface area contributed by atoms with Crippen molar-refractivity contribution in [2.45, 2.75) is 45.6 Å². The molecule has 1 aliphatic rings. The van der Waals surface area contributed by atoms with E-state index in [0.29, 0.717) is 6.04 Å². The summed E-state index contributed by atoms with van der Waals surface area (Å²) in [5.41, 5.74) is 1.21. The van der Waals surface area contributed by atoms with Crippen molar-refractivity contribution < 1.29 is 0 Å². The molecular formula is C19H33N5S. The normalized spacial score (nSPS) is 16.1. The third kappa shape index (κ3) is 7.14. The van der Waals surface area contributed by atoms with Crippen LogP contribution in [0, 0.1) is 6.92 Å². The van der Waals surface area contributed by atoms with Gasteiger partial charge in [-0.25, -0.2) is 4.98 Å². The maximum absolute atomic E-state index is 4.73. The van der Waals surface area contributed by atoms with Crippen LogP contribution in [0.25, 0.3) is 0 Å². The standard InChI is InChI=1S/C19H33N5S/c1-4-20-19(21-11-5-6-14-25-3)23-17-9-12-24(13-10-17)18-8-7-16(2)15-22-18/h7-8,15,17H,4-6,9-14H2,1-3H3,(H2,20,21,23). The maximum Gasteiger partial charge on any atom is 0.191 e. The number of piperidine rings is 1. The van der Waals surface area contributed by atoms with E-state index < -0.39 is 0 Å². The number of aliphatic imine (C=N–C) groups is 1. The number of aryl methyl sites for hydroxylation is 1. The lowest BCUT2D eigenvalue weighted by Gasteiger charge is -2.33. The first-order valence-corrected chi connectivity index (χ1v) is 10.8. The van der Waals surface area contributed by atoms with Crippen LogP contribution in [0.1, 0.15) is 38.2 Å². The summed E-state index contributed by atoms with van der Waals surface area (Å²) in [6.45, 7) is 8.10. The van der Waals surface area contributed by atoms with E-state index in [1.54, 1.807) is 0 Å². The summed E-state index contributed by atoms with van der Waals surface area (Å²) >= 11 is 1.91. The van der Waals surface area contributed by atoms with Gasteiger partial charge in [0.05, 0.1) is 0 Å². The average molecular weight is 364 g/mol. The molecule has 2 heterocycles. The molecule has 1 saturated heterocycles. The Morgan fingerprint density at radius 2 is 2.12 bits per heavy atom. The van der Waals surface area contributed by atoms with Crippen LogP contribution >= 0.6 is 11.8 Å². The van der Waals surface area contributed by atoms with Gasteiger partial charge >= 0.3 is 0 Å². The average Bonchev–Trinajstić information content (AvgIpc) is 2.63. The number of aromatic nitrogens is 1. The van der Waals surface area contributed by atoms with Gasteiger partial charge in [-0.2, -0.15) is 11.8 Å². The zero-order chi connectivity index (χ0) is 17.9. The first-order chi connectivity index (χ1) is 12.2. The SMILES string of the molecule is CCNC(=NCCCCSC)NC1CCN(c2ccc(C)cn2)CC1. The summed E-state index contributed by atoms with van der Waals surface area (Å²) < 4.78 is 0. The maximum atomic E-state index is 4.73. The summed E-state index contributed by atoms with van der Waals surface area (Å²) in [5.74, 6) is 3.29. The van der Waals surface area contributed by atoms with Crippen LogP contribution in [0.5, 0.6) is 0 Å². The smallest absolute Gasteiger partial charge is 0.191 e. The van der Waals surface area contributed by atoms with Gasteiger partial charge in [0.1, 0.15) is 5.82 Å². The van der Waals surface area contributed by atoms with Crippen LogP contribution in [0.2, 0.25) is 0 Å². The molecule has 2 N–H and O–H groups in total. The molecule has 0 unspecified atom stereocenters. The predicted molar refractivity (Wildman–Crippen MR) is 111 cm³/mol. The van der Waals surface area contributed by atoms with Crippen molar-refractivity contribution in [3.63, 3.8) is 0 Å². The van der Waals surface area contributed by atoms with Crippen LogP contribution in [0.3, 0.4) is 0 Å². The summed E-state index contributed by atoms with van der Waals surface area (Å²) in [6.07, 6.45) is 8.75. The van der Waals surface area contributed by atoms with E-state index >= 15 is 0 Å². The minimum absolute atomic E-state index is 0.491. The zero-order valence-corrected chi connectivity index (χ0v) is 16.7. The topological polar surface area (TPSA) is 52.6 Å². The second-order valence-corrected chi connectivity index (χ2v) is 7.55. The monoisotopic (exact) mass is 363 g/mol. The minimum Gasteiger partial charge on any atom is -0.357 e. The molecule has 0 spiro atoms. The zero-order valence-electron chi connectivity index (χ0n) is 15.9. The molecule has 25 heavy (non-hydrogen) atoms. The number of rotatable bonds is 8. The van der Waals surface area contributed by atoms with E-state index in [2.05, 4.69) is 52.8 Å². The lowest BCUT2D eigenvalue weighted by Crippen LogP contribution is -2.49. The first-order valence-electron chi connectivity index (χ1n) is 9.44. The molecule has 1 aromatic rings. The third-order valence-corrected chi connectivity index (χ3v) is 5.12. The molecule has 1 aromatic heterocycles. The highest BCUT2D eigenvalue weighted by Gasteiger charge is 2.20. The summed E-state index contributed by atoms with van der Waals surface area (Å²) in [4.78, 5) is 11.7. The lowest BCUT2D eigenvalue weighted by molar-refractivity contribution is 0.459. The van der Waals surface area contributed by atoms with Crippen molar-refractivity contribution in [2.24, 2.45) is 4.99 Å². The van der Waals surface area contributed by atoms with E-state index in [1.807, 2.05) is 18.0 Å². The highest BCUT2D eigenvalue weighted by molar-refractivity contribution is 7.98. The Hall–Kier alpha value is -1.43. The molecule has 0 radical (unpaired) electrons. The number of hydrogen-bond acceptors (Lipinski definition) is 4. The molecular weight excluding hydrogens is 330 g/mol. The van der Waals surface area contributed by atoms with Gasteiger partial charge in [-0.1, -0.05) is 6.07 Å². The highest BCUT2D eigenvalue weighted by atomic mass is 32.2. The molecule has 0 aliphatic carbocycles. The van der Waals surface area contributed by atoms with Crippen molar-refractivity contribution in [1.29, 1.82) is 0 Å². The van der Waals surface area contributed by atoms with E-state index in [1.165, 1.54) is 17.7 Å². The molecule has 6 heteroatoms. The van der Waals surface area contributed by atoms with E-state index in [-0.39, 0.29) is 0 Å². The Kier molecular flexibility index (Phi) is 8.94. The quantitative estimate of drug-likeness (QED) is 0.422. The molecule has 0 amide bonds. The molecule has 0 aromatic carbocycles. The predicted octanol–water partition coefficient (Wildman–Crippen LogP) is 3.06. The second kappa shape index (κ2) is 11.2. The van der Waals surface area contributed by atoms with Gasteiger partial charge in [0.15, 0.2) is 5.96 Å². The van der Waals surface area contributed by atoms with Crippen LogP contribution in [-0.2, 0) is 0 Å². The number of thioether (sulfide) groups is 1. The lowest BCUT2D eigenvalue weighted by atomic mass is 10.1. The van der Waals surface area contributed by atoms with E-state index in [0.717, 1.165) is 57.2 Å². The van der Waals surface area contributed by atoms with Crippen LogP contribution in [0.15, 0.2) is 23.3 Å². The molecule has 0 bridgehead atoms. The Labute approximate surface area is 157 Å². The second-order valence-electron chi connectivity index (χ2n) is 6.56. The summed E-state index contributed by atoms with van der Waals surface area (Å²) in [5, 5.41) is 6.99. The van der Waals surface area contributed by atoms with Gasteiger partial charge in [0.2, 0.25) is 0 Å². The van der Waals surface area contributed by atoms with Crippen molar-refractivity contribution in [1.82, 2.24) is 15.6 Å². The van der Waals surface area contributed by atoms with Gasteiger partial charge in [0.25, 0.3) is 0 Å². The molecule has 5 nitrogen and oxygen atoms in total. The van der Waals surface area contributed by atoms with Gasteiger partial charge in [-0.3, -0.25) is 4.99 Å². The van der Waals surface area contributed by atoms with Crippen molar-refractivity contribution >= 4 is 23.5 Å². The number of pyridine rings is 1. The minimum atomic E-state index is 0.491. The summed E-state index contributed by atoms with van der Waals surface area (Å²) in [7, 11) is 0. The van der Waals surface area contributed by atoms with Crippen molar-refractivity contribution in [2.75, 3.05) is 43.1 Å². The van der Waals surface area contributed by atoms with E-state index in [4.69, 9.17) is 4.99 Å². The van der Waals surface area contributed by atoms with Gasteiger partial charge in [-0.05, 0) is 63.2 Å². The van der Waals surface area contributed by atoms with Gasteiger partial charge in [0, 0.05) is 38.4 Å². The number of hydrogen-bond donors (Lipinski definition) is 2. The number of nitrogens with zero attached hydrogens (tertiary/aromatic N) is 3. The fraction of sp³-hybridized carbons (Fsp3) is 0.684. The molecule has 1 fully saturated rings. The molecule has 0 atom stereocenters. The highest BCUT2D eigenvalue weighted by Crippen LogP contribution is 2.18. The molecule has 0 saturated carbocycles. The number of guanidine groups is 1. The van der Waals surface area contributed by atoms with Crippen LogP contribution < -0.4 is 15.5 Å². The largest absolute Gasteiger partial charge is 0.357 e. The fourth-order valence-corrected chi connectivity index (χ4v) is 3.46. The molecule has 2 rings (SSSR count). The van der Waals surface area contributed by atoms with Gasteiger partial charge in [-0.15, -0.1) is 0 Å². The summed E-state index contributed by atoms with van der Waals surface area (Å²) in [6, 6.07) is 4.76. The number of anilines is 1. The van der Waals surface area contributed by atoms with Crippen molar-refractivity contribution in [3.8, 4) is 0 Å². The Balaban J connectivity index is 1.77. The Bertz CT molecular complexity index is 509. The van der Waals surface area contributed by atoms with Gasteiger partial charge < -0.3 is 15.5 Å². The van der Waals surface area contributed by atoms with E-state index in [9.17, 15) is 0 Å².